The van der Waals surface area contributed by atoms with Crippen molar-refractivity contribution in [1.29, 1.82) is 0 Å². The molecule has 2 aromatic heterocycles. The average Bonchev–Trinajstić information content (AvgIpc) is 3.19. The number of benzene rings is 1. The van der Waals surface area contributed by atoms with Gasteiger partial charge in [0.15, 0.2) is 0 Å². The fraction of sp³-hybridized carbons (Fsp3) is 0.0714. The quantitative estimate of drug-likeness (QED) is 0.633. The van der Waals surface area contributed by atoms with Crippen molar-refractivity contribution in [3.05, 3.63) is 53.0 Å². The second-order valence-corrected chi connectivity index (χ2v) is 7.40. The van der Waals surface area contributed by atoms with Gasteiger partial charge in [-0.15, -0.1) is 0 Å². The van der Waals surface area contributed by atoms with E-state index in [9.17, 15) is 30.4 Å². The number of hydrogen-bond acceptors (Lipinski definition) is 4. The maximum atomic E-state index is 13.8. The molecule has 3 rings (SSSR count). The number of nitrogens with zero attached hydrogens (tertiary/aromatic N) is 1. The summed E-state index contributed by atoms with van der Waals surface area (Å²) >= 11 is 1.14. The lowest BCUT2D eigenvalue weighted by Crippen LogP contribution is -2.15. The Kier molecular flexibility index (Phi) is 4.48. The summed E-state index contributed by atoms with van der Waals surface area (Å²) in [6.45, 7) is 0. The van der Waals surface area contributed by atoms with Crippen molar-refractivity contribution < 1.29 is 30.4 Å². The molecule has 138 valence electrons. The minimum atomic E-state index is -5.11. The predicted molar refractivity (Wildman–Crippen MR) is 84.1 cm³/mol. The summed E-state index contributed by atoms with van der Waals surface area (Å²) in [7, 11) is -4.36. The van der Waals surface area contributed by atoms with E-state index in [1.54, 1.807) is 16.2 Å². The SMILES string of the molecule is O=S(=O)(Nc1cc(F)c(C(F)(F)F)cc1F)c1c[nH]c(-c2ccsn2)c1. The Hall–Kier alpha value is -2.47. The van der Waals surface area contributed by atoms with Crippen LogP contribution in [0.3, 0.4) is 0 Å². The maximum Gasteiger partial charge on any atom is 0.419 e. The molecule has 0 aliphatic heterocycles. The first-order valence-electron chi connectivity index (χ1n) is 6.76. The fourth-order valence-electron chi connectivity index (χ4n) is 2.07. The van der Waals surface area contributed by atoms with Crippen molar-refractivity contribution in [3.63, 3.8) is 0 Å². The smallest absolute Gasteiger partial charge is 0.359 e. The standard InChI is InChI=1S/C14H8F5N3O2S2/c15-9-5-12(10(16)4-8(9)14(17,18)19)22-26(23,24)7-3-13(20-6-7)11-1-2-25-21-11/h1-6,20,22H. The van der Waals surface area contributed by atoms with Gasteiger partial charge in [0, 0.05) is 17.6 Å². The van der Waals surface area contributed by atoms with E-state index in [2.05, 4.69) is 9.36 Å². The number of anilines is 1. The van der Waals surface area contributed by atoms with Crippen LogP contribution < -0.4 is 4.72 Å². The highest BCUT2D eigenvalue weighted by Crippen LogP contribution is 2.34. The molecule has 0 saturated heterocycles. The summed E-state index contributed by atoms with van der Waals surface area (Å²) in [6.07, 6.45) is -4.01. The summed E-state index contributed by atoms with van der Waals surface area (Å²) in [6, 6.07) is 2.87. The predicted octanol–water partition coefficient (Wildman–Crippen LogP) is 4.24. The van der Waals surface area contributed by atoms with E-state index in [1.165, 1.54) is 6.07 Å². The summed E-state index contributed by atoms with van der Waals surface area (Å²) < 4.78 is 95.3. The lowest BCUT2D eigenvalue weighted by molar-refractivity contribution is -0.140. The molecule has 26 heavy (non-hydrogen) atoms. The van der Waals surface area contributed by atoms with E-state index in [0.29, 0.717) is 11.4 Å². The number of sulfonamides is 1. The molecule has 0 fully saturated rings. The Morgan fingerprint density at radius 1 is 1.12 bits per heavy atom. The first-order chi connectivity index (χ1) is 12.1. The minimum absolute atomic E-state index is 0.106. The molecule has 0 bridgehead atoms. The molecule has 5 nitrogen and oxygen atoms in total. The number of hydrogen-bond donors (Lipinski definition) is 2. The number of nitrogens with one attached hydrogen (secondary N) is 2. The highest BCUT2D eigenvalue weighted by Gasteiger charge is 2.35. The molecule has 0 aliphatic carbocycles. The number of H-pyrrole nitrogens is 1. The largest absolute Gasteiger partial charge is 0.419 e. The number of rotatable bonds is 4. The van der Waals surface area contributed by atoms with Crippen LogP contribution in [-0.4, -0.2) is 17.8 Å². The molecule has 1 aromatic carbocycles. The molecule has 0 amide bonds. The molecule has 2 heterocycles. The summed E-state index contributed by atoms with van der Waals surface area (Å²) in [5.74, 6) is -3.36. The highest BCUT2D eigenvalue weighted by atomic mass is 32.2. The van der Waals surface area contributed by atoms with Crippen molar-refractivity contribution >= 4 is 27.2 Å². The number of halogens is 5. The van der Waals surface area contributed by atoms with Gasteiger partial charge in [-0.1, -0.05) is 0 Å². The van der Waals surface area contributed by atoms with E-state index in [-0.39, 0.29) is 17.0 Å². The zero-order valence-corrected chi connectivity index (χ0v) is 14.1. The lowest BCUT2D eigenvalue weighted by atomic mass is 10.2. The molecular formula is C14H8F5N3O2S2. The van der Waals surface area contributed by atoms with Crippen molar-refractivity contribution in [2.75, 3.05) is 4.72 Å². The molecule has 12 heteroatoms. The maximum absolute atomic E-state index is 13.8. The summed E-state index contributed by atoms with van der Waals surface area (Å²) in [5.41, 5.74) is -1.92. The van der Waals surface area contributed by atoms with Crippen LogP contribution >= 0.6 is 11.5 Å². The third-order valence-electron chi connectivity index (χ3n) is 3.29. The average molecular weight is 409 g/mol. The highest BCUT2D eigenvalue weighted by molar-refractivity contribution is 7.92. The molecule has 0 saturated carbocycles. The first kappa shape index (κ1) is 18.3. The Labute approximate surface area is 147 Å². The van der Waals surface area contributed by atoms with E-state index in [1.807, 2.05) is 0 Å². The second-order valence-electron chi connectivity index (χ2n) is 5.05. The third kappa shape index (κ3) is 3.55. The van der Waals surface area contributed by atoms with Crippen molar-refractivity contribution in [1.82, 2.24) is 9.36 Å². The van der Waals surface area contributed by atoms with Crippen LogP contribution in [0.5, 0.6) is 0 Å². The van der Waals surface area contributed by atoms with Crippen LogP contribution in [0, 0.1) is 11.6 Å². The molecule has 0 spiro atoms. The summed E-state index contributed by atoms with van der Waals surface area (Å²) in [5, 5.41) is 1.67. The van der Waals surface area contributed by atoms with Crippen LogP contribution in [-0.2, 0) is 16.2 Å². The van der Waals surface area contributed by atoms with Crippen LogP contribution in [0.15, 0.2) is 40.7 Å². The topological polar surface area (TPSA) is 74.8 Å². The number of aromatic nitrogens is 2. The summed E-state index contributed by atoms with van der Waals surface area (Å²) in [4.78, 5) is 2.34. The Balaban J connectivity index is 1.92. The van der Waals surface area contributed by atoms with Crippen LogP contribution in [0.4, 0.5) is 27.6 Å². The van der Waals surface area contributed by atoms with E-state index in [0.717, 1.165) is 17.7 Å². The van der Waals surface area contributed by atoms with E-state index >= 15 is 0 Å². The van der Waals surface area contributed by atoms with Gasteiger partial charge in [-0.25, -0.2) is 17.2 Å². The Morgan fingerprint density at radius 2 is 1.85 bits per heavy atom. The Bertz CT molecular complexity index is 1040. The zero-order chi connectivity index (χ0) is 19.1. The molecule has 0 atom stereocenters. The fourth-order valence-corrected chi connectivity index (χ4v) is 3.65. The first-order valence-corrected chi connectivity index (χ1v) is 9.08. The molecular weight excluding hydrogens is 401 g/mol. The Morgan fingerprint density at radius 3 is 2.46 bits per heavy atom. The van der Waals surface area contributed by atoms with Crippen molar-refractivity contribution in [3.8, 4) is 11.4 Å². The van der Waals surface area contributed by atoms with Crippen LogP contribution in [0.1, 0.15) is 5.56 Å². The second kappa shape index (κ2) is 6.36. The van der Waals surface area contributed by atoms with Gasteiger partial charge in [0.25, 0.3) is 10.0 Å². The number of aromatic amines is 1. The van der Waals surface area contributed by atoms with Gasteiger partial charge in [-0.05, 0) is 29.7 Å². The van der Waals surface area contributed by atoms with Crippen LogP contribution in [0.25, 0.3) is 11.4 Å². The van der Waals surface area contributed by atoms with Gasteiger partial charge in [0.1, 0.15) is 22.2 Å². The van der Waals surface area contributed by atoms with Gasteiger partial charge in [0.05, 0.1) is 16.9 Å². The minimum Gasteiger partial charge on any atom is -0.359 e. The van der Waals surface area contributed by atoms with Gasteiger partial charge in [0.2, 0.25) is 0 Å². The van der Waals surface area contributed by atoms with Gasteiger partial charge in [-0.2, -0.15) is 17.5 Å². The zero-order valence-electron chi connectivity index (χ0n) is 12.4. The number of alkyl halides is 3. The lowest BCUT2D eigenvalue weighted by Gasteiger charge is -2.12. The molecule has 3 aromatic rings. The van der Waals surface area contributed by atoms with Crippen molar-refractivity contribution in [2.24, 2.45) is 0 Å². The normalized spacial score (nSPS) is 12.3. The molecule has 0 unspecified atom stereocenters. The van der Waals surface area contributed by atoms with E-state index in [4.69, 9.17) is 0 Å². The van der Waals surface area contributed by atoms with Gasteiger partial charge >= 0.3 is 6.18 Å². The van der Waals surface area contributed by atoms with Gasteiger partial charge < -0.3 is 4.98 Å². The van der Waals surface area contributed by atoms with Gasteiger partial charge in [-0.3, -0.25) is 4.72 Å². The van der Waals surface area contributed by atoms with E-state index < -0.39 is 39.1 Å². The molecule has 2 N–H and O–H groups in total. The monoisotopic (exact) mass is 409 g/mol. The molecule has 0 aliphatic rings. The third-order valence-corrected chi connectivity index (χ3v) is 5.19. The molecule has 0 radical (unpaired) electrons. The van der Waals surface area contributed by atoms with Crippen LogP contribution in [0.2, 0.25) is 0 Å². The van der Waals surface area contributed by atoms with Crippen molar-refractivity contribution in [2.45, 2.75) is 11.1 Å².